The van der Waals surface area contributed by atoms with Gasteiger partial charge >= 0.3 is 5.97 Å². The fraction of sp³-hybridized carbons (Fsp3) is 0.269. The molecule has 0 fully saturated rings. The molecule has 4 N–H and O–H groups in total. The third kappa shape index (κ3) is 6.32. The van der Waals surface area contributed by atoms with Crippen LogP contribution in [0, 0.1) is 0 Å². The second-order valence-corrected chi connectivity index (χ2v) is 8.04. The first-order valence-corrected chi connectivity index (χ1v) is 11.4. The van der Waals surface area contributed by atoms with E-state index in [1.165, 1.54) is 5.56 Å². The average Bonchev–Trinajstić information content (AvgIpc) is 3.27. The van der Waals surface area contributed by atoms with Crippen LogP contribution in [0.1, 0.15) is 31.2 Å². The highest BCUT2D eigenvalue weighted by Crippen LogP contribution is 2.27. The molecule has 0 amide bonds. The number of hydrogen-bond acceptors (Lipinski definition) is 5. The van der Waals surface area contributed by atoms with Crippen LogP contribution in [-0.2, 0) is 11.2 Å². The zero-order chi connectivity index (χ0) is 22.9. The van der Waals surface area contributed by atoms with Gasteiger partial charge < -0.3 is 20.7 Å². The van der Waals surface area contributed by atoms with Crippen molar-refractivity contribution in [2.75, 3.05) is 23.7 Å². The number of aromatic nitrogens is 3. The predicted octanol–water partition coefficient (Wildman–Crippen LogP) is 5.34. The smallest absolute Gasteiger partial charge is 0.303 e. The summed E-state index contributed by atoms with van der Waals surface area (Å²) in [7, 11) is 0. The fourth-order valence-electron chi connectivity index (χ4n) is 3.78. The van der Waals surface area contributed by atoms with Gasteiger partial charge in [-0.05, 0) is 48.6 Å². The number of nitrogens with zero attached hydrogens (tertiary/aromatic N) is 2. The van der Waals surface area contributed by atoms with E-state index < -0.39 is 5.97 Å². The number of carboxylic acids is 1. The molecule has 2 aromatic carbocycles. The Hall–Kier alpha value is -3.87. The Kier molecular flexibility index (Phi) is 7.53. The van der Waals surface area contributed by atoms with Crippen LogP contribution in [0.3, 0.4) is 0 Å². The first-order chi connectivity index (χ1) is 16.2. The Labute approximate surface area is 193 Å². The Morgan fingerprint density at radius 1 is 0.909 bits per heavy atom. The van der Waals surface area contributed by atoms with Gasteiger partial charge in [0.2, 0.25) is 0 Å². The molecule has 0 radical (unpaired) electrons. The lowest BCUT2D eigenvalue weighted by Gasteiger charge is -2.07. The summed E-state index contributed by atoms with van der Waals surface area (Å²) in [4.78, 5) is 22.8. The monoisotopic (exact) mass is 443 g/mol. The maximum Gasteiger partial charge on any atom is 0.303 e. The Morgan fingerprint density at radius 3 is 2.52 bits per heavy atom. The van der Waals surface area contributed by atoms with Gasteiger partial charge in [0.1, 0.15) is 17.8 Å². The van der Waals surface area contributed by atoms with Gasteiger partial charge in [-0.3, -0.25) is 4.79 Å². The molecule has 0 bridgehead atoms. The SMILES string of the molecule is O=C(O)CCCCCNc1ccc(-c2cc3c(NCCc4ccccc4)ncnc3[nH]2)cc1. The predicted molar refractivity (Wildman–Crippen MR) is 133 cm³/mol. The van der Waals surface area contributed by atoms with Crippen LogP contribution in [0.15, 0.2) is 67.0 Å². The highest BCUT2D eigenvalue weighted by atomic mass is 16.4. The van der Waals surface area contributed by atoms with Crippen molar-refractivity contribution in [2.24, 2.45) is 0 Å². The van der Waals surface area contributed by atoms with Gasteiger partial charge in [0, 0.05) is 30.9 Å². The van der Waals surface area contributed by atoms with Crippen LogP contribution in [0.2, 0.25) is 0 Å². The molecular formula is C26H29N5O2. The molecule has 0 aliphatic carbocycles. The van der Waals surface area contributed by atoms with Crippen molar-refractivity contribution >= 4 is 28.5 Å². The summed E-state index contributed by atoms with van der Waals surface area (Å²) in [6.07, 6.45) is 5.34. The fourth-order valence-corrected chi connectivity index (χ4v) is 3.78. The van der Waals surface area contributed by atoms with E-state index >= 15 is 0 Å². The number of benzene rings is 2. The van der Waals surface area contributed by atoms with Crippen molar-refractivity contribution in [2.45, 2.75) is 32.1 Å². The number of rotatable bonds is 12. The lowest BCUT2D eigenvalue weighted by molar-refractivity contribution is -0.137. The molecule has 0 aliphatic heterocycles. The molecular weight excluding hydrogens is 414 g/mol. The molecule has 33 heavy (non-hydrogen) atoms. The molecule has 7 heteroatoms. The van der Waals surface area contributed by atoms with E-state index in [2.05, 4.69) is 80.2 Å². The lowest BCUT2D eigenvalue weighted by Crippen LogP contribution is -2.06. The van der Waals surface area contributed by atoms with Crippen molar-refractivity contribution < 1.29 is 9.90 Å². The van der Waals surface area contributed by atoms with Gasteiger partial charge in [-0.2, -0.15) is 0 Å². The summed E-state index contributed by atoms with van der Waals surface area (Å²) in [6, 6.07) is 20.8. The first-order valence-electron chi connectivity index (χ1n) is 11.4. The average molecular weight is 444 g/mol. The van der Waals surface area contributed by atoms with E-state index in [1.54, 1.807) is 6.33 Å². The molecule has 0 unspecified atom stereocenters. The summed E-state index contributed by atoms with van der Waals surface area (Å²) in [6.45, 7) is 1.63. The maximum atomic E-state index is 10.5. The molecule has 0 saturated heterocycles. The molecule has 0 saturated carbocycles. The van der Waals surface area contributed by atoms with Gasteiger partial charge in [-0.15, -0.1) is 0 Å². The summed E-state index contributed by atoms with van der Waals surface area (Å²) >= 11 is 0. The normalized spacial score (nSPS) is 10.9. The second-order valence-electron chi connectivity index (χ2n) is 8.04. The standard InChI is InChI=1S/C26H29N5O2/c32-24(33)9-5-2-6-15-27-21-12-10-20(11-13-21)23-17-22-25(29-18-30-26(22)31-23)28-16-14-19-7-3-1-4-8-19/h1,3-4,7-8,10-13,17-18,27H,2,5-6,9,14-16H2,(H,32,33)(H2,28,29,30,31). The summed E-state index contributed by atoms with van der Waals surface area (Å²) < 4.78 is 0. The molecule has 0 aliphatic rings. The van der Waals surface area contributed by atoms with Gasteiger partial charge in [-0.1, -0.05) is 48.9 Å². The lowest BCUT2D eigenvalue weighted by atomic mass is 10.1. The number of hydrogen-bond donors (Lipinski definition) is 4. The molecule has 2 heterocycles. The largest absolute Gasteiger partial charge is 0.481 e. The number of nitrogens with one attached hydrogen (secondary N) is 3. The topological polar surface area (TPSA) is 103 Å². The van der Waals surface area contributed by atoms with Crippen LogP contribution < -0.4 is 10.6 Å². The van der Waals surface area contributed by atoms with E-state index in [0.29, 0.717) is 0 Å². The van der Waals surface area contributed by atoms with Gasteiger partial charge in [0.25, 0.3) is 0 Å². The van der Waals surface area contributed by atoms with Gasteiger partial charge in [0.05, 0.1) is 5.39 Å². The molecule has 7 nitrogen and oxygen atoms in total. The van der Waals surface area contributed by atoms with Crippen LogP contribution in [-0.4, -0.2) is 39.1 Å². The maximum absolute atomic E-state index is 10.5. The van der Waals surface area contributed by atoms with Crippen LogP contribution >= 0.6 is 0 Å². The third-order valence-electron chi connectivity index (χ3n) is 5.57. The van der Waals surface area contributed by atoms with Crippen LogP contribution in [0.25, 0.3) is 22.3 Å². The van der Waals surface area contributed by atoms with Gasteiger partial charge in [-0.25, -0.2) is 9.97 Å². The summed E-state index contributed by atoms with van der Waals surface area (Å²) in [5, 5.41) is 16.5. The van der Waals surface area contributed by atoms with E-state index in [9.17, 15) is 4.79 Å². The van der Waals surface area contributed by atoms with Gasteiger partial charge in [0.15, 0.2) is 0 Å². The van der Waals surface area contributed by atoms with Crippen LogP contribution in [0.5, 0.6) is 0 Å². The van der Waals surface area contributed by atoms with Crippen molar-refractivity contribution in [3.63, 3.8) is 0 Å². The molecule has 0 spiro atoms. The highest BCUT2D eigenvalue weighted by molar-refractivity contribution is 5.91. The van der Waals surface area contributed by atoms with Crippen molar-refractivity contribution in [1.29, 1.82) is 0 Å². The number of aliphatic carboxylic acids is 1. The van der Waals surface area contributed by atoms with Crippen molar-refractivity contribution in [3.05, 3.63) is 72.6 Å². The molecule has 2 aromatic heterocycles. The molecule has 4 rings (SSSR count). The minimum atomic E-state index is -0.725. The molecule has 170 valence electrons. The number of fused-ring (bicyclic) bond motifs is 1. The first kappa shape index (κ1) is 22.3. The third-order valence-corrected chi connectivity index (χ3v) is 5.57. The second kappa shape index (κ2) is 11.1. The molecule has 4 aromatic rings. The van der Waals surface area contributed by atoms with E-state index in [1.807, 2.05) is 6.07 Å². The number of anilines is 2. The number of carboxylic acid groups (broad SMARTS) is 1. The Morgan fingerprint density at radius 2 is 1.73 bits per heavy atom. The van der Waals surface area contributed by atoms with Crippen molar-refractivity contribution in [1.82, 2.24) is 15.0 Å². The number of aromatic amines is 1. The number of H-pyrrole nitrogens is 1. The number of carbonyl (C=O) groups is 1. The minimum Gasteiger partial charge on any atom is -0.481 e. The van der Waals surface area contributed by atoms with E-state index in [-0.39, 0.29) is 6.42 Å². The van der Waals surface area contributed by atoms with Crippen molar-refractivity contribution in [3.8, 4) is 11.3 Å². The Bertz CT molecular complexity index is 1170. The number of unbranched alkanes of at least 4 members (excludes halogenated alkanes) is 2. The van der Waals surface area contributed by atoms with E-state index in [0.717, 1.165) is 72.6 Å². The quantitative estimate of drug-likeness (QED) is 0.221. The van der Waals surface area contributed by atoms with Crippen LogP contribution in [0.4, 0.5) is 11.5 Å². The Balaban J connectivity index is 1.34. The minimum absolute atomic E-state index is 0.244. The zero-order valence-corrected chi connectivity index (χ0v) is 18.6. The summed E-state index contributed by atoms with van der Waals surface area (Å²) in [5.74, 6) is 0.108. The van der Waals surface area contributed by atoms with E-state index in [4.69, 9.17) is 5.11 Å². The summed E-state index contributed by atoms with van der Waals surface area (Å²) in [5.41, 5.74) is 5.23. The molecule has 0 atom stereocenters. The zero-order valence-electron chi connectivity index (χ0n) is 18.6. The highest BCUT2D eigenvalue weighted by Gasteiger charge is 2.09.